The Morgan fingerprint density at radius 3 is 3.00 bits per heavy atom. The van der Waals surface area contributed by atoms with Crippen molar-refractivity contribution in [3.05, 3.63) is 17.9 Å². The fourth-order valence-corrected chi connectivity index (χ4v) is 2.94. The van der Waals surface area contributed by atoms with Crippen molar-refractivity contribution in [3.8, 4) is 5.75 Å². The van der Waals surface area contributed by atoms with E-state index >= 15 is 0 Å². The van der Waals surface area contributed by atoms with Crippen LogP contribution in [-0.4, -0.2) is 48.5 Å². The van der Waals surface area contributed by atoms with E-state index in [1.807, 2.05) is 6.92 Å². The minimum absolute atomic E-state index is 0.00633. The topological polar surface area (TPSA) is 99.8 Å². The molecule has 2 heterocycles. The van der Waals surface area contributed by atoms with E-state index in [9.17, 15) is 18.8 Å². The number of hydrogen-bond donors (Lipinski definition) is 3. The first-order valence-electron chi connectivity index (χ1n) is 8.07. The minimum atomic E-state index is -0.682. The van der Waals surface area contributed by atoms with Crippen molar-refractivity contribution in [2.24, 2.45) is 0 Å². The van der Waals surface area contributed by atoms with Crippen LogP contribution in [-0.2, 0) is 9.59 Å². The first-order valence-corrected chi connectivity index (χ1v) is 8.07. The highest BCUT2D eigenvalue weighted by Crippen LogP contribution is 2.33. The number of amides is 4. The van der Waals surface area contributed by atoms with Crippen molar-refractivity contribution in [2.45, 2.75) is 25.8 Å². The average Bonchev–Trinajstić information content (AvgIpc) is 2.86. The van der Waals surface area contributed by atoms with E-state index < -0.39 is 17.8 Å². The molecule has 1 atom stereocenters. The standard InChI is InChI=1S/C16H19FN4O4/c1-2-3-21-7-10(6-14(21)23)19-16(24)18-9-4-11(17)15-12(5-9)20-13(22)8-25-15/h4-5,10H,2-3,6-8H2,1H3,(H,20,22)(H2,18,19,24)/t10-/m0/s1. The Kier molecular flexibility index (Phi) is 4.73. The van der Waals surface area contributed by atoms with Crippen molar-refractivity contribution in [1.29, 1.82) is 0 Å². The van der Waals surface area contributed by atoms with Gasteiger partial charge < -0.3 is 25.6 Å². The summed E-state index contributed by atoms with van der Waals surface area (Å²) in [6, 6.07) is 1.69. The monoisotopic (exact) mass is 350 g/mol. The second-order valence-corrected chi connectivity index (χ2v) is 6.01. The molecule has 9 heteroatoms. The van der Waals surface area contributed by atoms with Gasteiger partial charge in [0.15, 0.2) is 18.2 Å². The number of halogens is 1. The third kappa shape index (κ3) is 3.81. The van der Waals surface area contributed by atoms with Gasteiger partial charge in [0.25, 0.3) is 5.91 Å². The molecule has 1 aromatic rings. The quantitative estimate of drug-likeness (QED) is 0.762. The summed E-state index contributed by atoms with van der Waals surface area (Å²) in [7, 11) is 0. The number of nitrogens with zero attached hydrogens (tertiary/aromatic N) is 1. The molecule has 0 spiro atoms. The summed E-state index contributed by atoms with van der Waals surface area (Å²) in [5.41, 5.74) is 0.339. The normalized spacial score (nSPS) is 19.1. The van der Waals surface area contributed by atoms with Crippen molar-refractivity contribution in [2.75, 3.05) is 30.3 Å². The number of nitrogens with one attached hydrogen (secondary N) is 3. The molecule has 4 amide bonds. The van der Waals surface area contributed by atoms with Gasteiger partial charge in [-0.05, 0) is 12.5 Å². The maximum atomic E-state index is 14.0. The van der Waals surface area contributed by atoms with Crippen molar-refractivity contribution < 1.29 is 23.5 Å². The SMILES string of the molecule is CCCN1C[C@@H](NC(=O)Nc2cc(F)c3c(c2)NC(=O)CO3)CC1=O. The van der Waals surface area contributed by atoms with Gasteiger partial charge in [0, 0.05) is 31.3 Å². The number of fused-ring (bicyclic) bond motifs is 1. The molecule has 3 N–H and O–H groups in total. The highest BCUT2D eigenvalue weighted by molar-refractivity contribution is 5.97. The van der Waals surface area contributed by atoms with Gasteiger partial charge in [-0.1, -0.05) is 6.92 Å². The van der Waals surface area contributed by atoms with E-state index in [1.165, 1.54) is 6.07 Å². The number of carbonyl (C=O) groups is 3. The van der Waals surface area contributed by atoms with Gasteiger partial charge in [0.1, 0.15) is 0 Å². The summed E-state index contributed by atoms with van der Waals surface area (Å²) in [4.78, 5) is 36.9. The van der Waals surface area contributed by atoms with E-state index in [0.29, 0.717) is 13.1 Å². The number of rotatable bonds is 4. The average molecular weight is 350 g/mol. The lowest BCUT2D eigenvalue weighted by Gasteiger charge is -2.20. The number of benzene rings is 1. The third-order valence-electron chi connectivity index (χ3n) is 3.97. The molecule has 0 aromatic heterocycles. The highest BCUT2D eigenvalue weighted by atomic mass is 19.1. The second kappa shape index (κ2) is 6.96. The van der Waals surface area contributed by atoms with E-state index in [-0.39, 0.29) is 42.1 Å². The number of likely N-dealkylation sites (tertiary alicyclic amines) is 1. The molecule has 8 nitrogen and oxygen atoms in total. The second-order valence-electron chi connectivity index (χ2n) is 6.01. The Morgan fingerprint density at radius 2 is 2.24 bits per heavy atom. The van der Waals surface area contributed by atoms with Crippen LogP contribution in [0.25, 0.3) is 0 Å². The Hall–Kier alpha value is -2.84. The lowest BCUT2D eigenvalue weighted by atomic mass is 10.2. The molecule has 1 aromatic carbocycles. The lowest BCUT2D eigenvalue weighted by molar-refractivity contribution is -0.127. The van der Waals surface area contributed by atoms with Gasteiger partial charge in [-0.3, -0.25) is 9.59 Å². The third-order valence-corrected chi connectivity index (χ3v) is 3.97. The molecule has 1 fully saturated rings. The number of hydrogen-bond acceptors (Lipinski definition) is 4. The van der Waals surface area contributed by atoms with E-state index in [0.717, 1.165) is 12.5 Å². The molecule has 134 valence electrons. The van der Waals surface area contributed by atoms with Gasteiger partial charge in [-0.25, -0.2) is 9.18 Å². The molecule has 0 radical (unpaired) electrons. The molecule has 2 aliphatic heterocycles. The number of urea groups is 1. The van der Waals surface area contributed by atoms with Gasteiger partial charge in [-0.2, -0.15) is 0 Å². The fraction of sp³-hybridized carbons (Fsp3) is 0.438. The number of ether oxygens (including phenoxy) is 1. The summed E-state index contributed by atoms with van der Waals surface area (Å²) >= 11 is 0. The smallest absolute Gasteiger partial charge is 0.319 e. The maximum absolute atomic E-state index is 14.0. The van der Waals surface area contributed by atoms with Crippen LogP contribution in [0.15, 0.2) is 12.1 Å². The van der Waals surface area contributed by atoms with Crippen LogP contribution in [0, 0.1) is 5.82 Å². The summed E-state index contributed by atoms with van der Waals surface area (Å²) in [5.74, 6) is -1.12. The molecular weight excluding hydrogens is 331 g/mol. The fourth-order valence-electron chi connectivity index (χ4n) is 2.94. The van der Waals surface area contributed by atoms with Crippen LogP contribution >= 0.6 is 0 Å². The van der Waals surface area contributed by atoms with Crippen molar-refractivity contribution >= 4 is 29.2 Å². The Labute approximate surface area is 143 Å². The van der Waals surface area contributed by atoms with Crippen LogP contribution in [0.2, 0.25) is 0 Å². The van der Waals surface area contributed by atoms with Crippen molar-refractivity contribution in [1.82, 2.24) is 10.2 Å². The van der Waals surface area contributed by atoms with Gasteiger partial charge in [-0.15, -0.1) is 0 Å². The van der Waals surface area contributed by atoms with E-state index in [1.54, 1.807) is 4.90 Å². The predicted molar refractivity (Wildman–Crippen MR) is 88.0 cm³/mol. The molecule has 0 aliphatic carbocycles. The van der Waals surface area contributed by atoms with Crippen LogP contribution in [0.1, 0.15) is 19.8 Å². The van der Waals surface area contributed by atoms with Crippen LogP contribution in [0.5, 0.6) is 5.75 Å². The summed E-state index contributed by atoms with van der Waals surface area (Å²) < 4.78 is 19.0. The molecule has 0 saturated carbocycles. The maximum Gasteiger partial charge on any atom is 0.319 e. The summed E-state index contributed by atoms with van der Waals surface area (Å²) in [6.45, 7) is 2.85. The largest absolute Gasteiger partial charge is 0.478 e. The van der Waals surface area contributed by atoms with Gasteiger partial charge >= 0.3 is 6.03 Å². The molecular formula is C16H19FN4O4. The molecule has 3 rings (SSSR count). The van der Waals surface area contributed by atoms with Gasteiger partial charge in [0.2, 0.25) is 5.91 Å². The molecule has 0 bridgehead atoms. The predicted octanol–water partition coefficient (Wildman–Crippen LogP) is 1.29. The molecule has 2 aliphatic rings. The van der Waals surface area contributed by atoms with E-state index in [2.05, 4.69) is 16.0 Å². The summed E-state index contributed by atoms with van der Waals surface area (Å²) in [5, 5.41) is 7.70. The molecule has 25 heavy (non-hydrogen) atoms. The number of anilines is 2. The Balaban J connectivity index is 1.62. The summed E-state index contributed by atoms with van der Waals surface area (Å²) in [6.07, 6.45) is 1.10. The first-order chi connectivity index (χ1) is 12.0. The lowest BCUT2D eigenvalue weighted by Crippen LogP contribution is -2.39. The Bertz CT molecular complexity index is 724. The van der Waals surface area contributed by atoms with Crippen molar-refractivity contribution in [3.63, 3.8) is 0 Å². The Morgan fingerprint density at radius 1 is 1.44 bits per heavy atom. The van der Waals surface area contributed by atoms with Crippen LogP contribution in [0.4, 0.5) is 20.6 Å². The zero-order valence-corrected chi connectivity index (χ0v) is 13.7. The van der Waals surface area contributed by atoms with Gasteiger partial charge in [0.05, 0.1) is 11.7 Å². The first kappa shape index (κ1) is 17.0. The van der Waals surface area contributed by atoms with Crippen LogP contribution in [0.3, 0.4) is 0 Å². The molecule has 0 unspecified atom stereocenters. The number of carbonyl (C=O) groups excluding carboxylic acids is 3. The zero-order chi connectivity index (χ0) is 18.0. The van der Waals surface area contributed by atoms with E-state index in [4.69, 9.17) is 4.74 Å². The molecule has 1 saturated heterocycles. The minimum Gasteiger partial charge on any atom is -0.478 e. The zero-order valence-electron chi connectivity index (χ0n) is 13.7. The highest BCUT2D eigenvalue weighted by Gasteiger charge is 2.30. The van der Waals surface area contributed by atoms with Crippen LogP contribution < -0.4 is 20.7 Å².